The SMILES string of the molecule is CC(C)COC(=O)c1ccc(NC(=O)COC(=O)CCC(=O)Nc2cccc(C(=O)OCC(C)C)c2)cc1. The van der Waals surface area contributed by atoms with Crippen LogP contribution in [0, 0.1) is 11.8 Å². The molecule has 204 valence electrons. The van der Waals surface area contributed by atoms with E-state index in [4.69, 9.17) is 14.2 Å². The molecular weight excluding hydrogens is 492 g/mol. The Balaban J connectivity index is 1.71. The Morgan fingerprint density at radius 3 is 1.84 bits per heavy atom. The molecule has 10 nitrogen and oxygen atoms in total. The topological polar surface area (TPSA) is 137 Å². The molecule has 0 saturated carbocycles. The summed E-state index contributed by atoms with van der Waals surface area (Å²) in [5, 5.41) is 5.17. The van der Waals surface area contributed by atoms with E-state index in [9.17, 15) is 24.0 Å². The highest BCUT2D eigenvalue weighted by Crippen LogP contribution is 2.14. The minimum Gasteiger partial charge on any atom is -0.462 e. The second kappa shape index (κ2) is 15.1. The van der Waals surface area contributed by atoms with Gasteiger partial charge in [0.1, 0.15) is 0 Å². The molecule has 0 heterocycles. The van der Waals surface area contributed by atoms with Crippen molar-refractivity contribution in [3.05, 3.63) is 59.7 Å². The summed E-state index contributed by atoms with van der Waals surface area (Å²) in [4.78, 5) is 60.2. The van der Waals surface area contributed by atoms with E-state index in [1.54, 1.807) is 18.2 Å². The molecule has 0 aromatic heterocycles. The fraction of sp³-hybridized carbons (Fsp3) is 0.393. The molecular formula is C28H34N2O8. The van der Waals surface area contributed by atoms with Gasteiger partial charge in [0.05, 0.1) is 30.8 Å². The van der Waals surface area contributed by atoms with Gasteiger partial charge in [0.15, 0.2) is 6.61 Å². The van der Waals surface area contributed by atoms with Crippen LogP contribution in [0.2, 0.25) is 0 Å². The predicted octanol–water partition coefficient (Wildman–Crippen LogP) is 4.21. The molecule has 2 aromatic rings. The molecule has 0 aliphatic heterocycles. The molecule has 0 saturated heterocycles. The predicted molar refractivity (Wildman–Crippen MR) is 141 cm³/mol. The van der Waals surface area contributed by atoms with Crippen molar-refractivity contribution in [2.24, 2.45) is 11.8 Å². The molecule has 2 amide bonds. The van der Waals surface area contributed by atoms with Crippen molar-refractivity contribution in [1.29, 1.82) is 0 Å². The van der Waals surface area contributed by atoms with E-state index >= 15 is 0 Å². The van der Waals surface area contributed by atoms with E-state index in [1.807, 2.05) is 27.7 Å². The lowest BCUT2D eigenvalue weighted by Gasteiger charge is -2.10. The van der Waals surface area contributed by atoms with Crippen LogP contribution < -0.4 is 10.6 Å². The van der Waals surface area contributed by atoms with Crippen molar-refractivity contribution in [2.75, 3.05) is 30.5 Å². The van der Waals surface area contributed by atoms with Crippen LogP contribution in [0.15, 0.2) is 48.5 Å². The number of benzene rings is 2. The van der Waals surface area contributed by atoms with E-state index in [0.717, 1.165) is 0 Å². The third kappa shape index (κ3) is 11.2. The number of carbonyl (C=O) groups is 5. The first-order valence-corrected chi connectivity index (χ1v) is 12.3. The molecule has 0 fully saturated rings. The largest absolute Gasteiger partial charge is 0.462 e. The van der Waals surface area contributed by atoms with Gasteiger partial charge < -0.3 is 24.8 Å². The van der Waals surface area contributed by atoms with E-state index in [1.165, 1.54) is 30.3 Å². The zero-order chi connectivity index (χ0) is 28.1. The summed E-state index contributed by atoms with van der Waals surface area (Å²) >= 11 is 0. The Morgan fingerprint density at radius 1 is 0.658 bits per heavy atom. The number of carbonyl (C=O) groups excluding carboxylic acids is 5. The van der Waals surface area contributed by atoms with Crippen LogP contribution >= 0.6 is 0 Å². The van der Waals surface area contributed by atoms with Crippen LogP contribution in [0.1, 0.15) is 61.3 Å². The van der Waals surface area contributed by atoms with Crippen molar-refractivity contribution in [3.63, 3.8) is 0 Å². The van der Waals surface area contributed by atoms with Gasteiger partial charge in [0.25, 0.3) is 5.91 Å². The van der Waals surface area contributed by atoms with Gasteiger partial charge in [-0.1, -0.05) is 33.8 Å². The number of anilines is 2. The standard InChI is InChI=1S/C28H34N2O8/c1-18(2)15-37-27(34)20-8-10-22(11-9-20)29-25(32)17-36-26(33)13-12-24(31)30-23-7-5-6-21(14-23)28(35)38-16-19(3)4/h5-11,14,18-19H,12-13,15-17H2,1-4H3,(H,29,32)(H,30,31). The first kappa shape index (κ1) is 30.0. The van der Waals surface area contributed by atoms with Gasteiger partial charge in [-0.05, 0) is 54.3 Å². The highest BCUT2D eigenvalue weighted by atomic mass is 16.5. The van der Waals surface area contributed by atoms with Gasteiger partial charge in [-0.15, -0.1) is 0 Å². The number of hydrogen-bond acceptors (Lipinski definition) is 8. The maximum Gasteiger partial charge on any atom is 0.338 e. The van der Waals surface area contributed by atoms with Gasteiger partial charge in [0, 0.05) is 17.8 Å². The third-order valence-corrected chi connectivity index (χ3v) is 4.80. The third-order valence-electron chi connectivity index (χ3n) is 4.80. The number of hydrogen-bond donors (Lipinski definition) is 2. The van der Waals surface area contributed by atoms with E-state index in [0.29, 0.717) is 29.1 Å². The van der Waals surface area contributed by atoms with E-state index in [2.05, 4.69) is 10.6 Å². The fourth-order valence-electron chi connectivity index (χ4n) is 2.92. The summed E-state index contributed by atoms with van der Waals surface area (Å²) in [6, 6.07) is 12.4. The molecule has 0 atom stereocenters. The lowest BCUT2D eigenvalue weighted by Crippen LogP contribution is -2.22. The van der Waals surface area contributed by atoms with Crippen molar-refractivity contribution >= 4 is 41.1 Å². The Hall–Kier alpha value is -4.21. The van der Waals surface area contributed by atoms with Crippen LogP contribution in [0.5, 0.6) is 0 Å². The highest BCUT2D eigenvalue weighted by Gasteiger charge is 2.14. The van der Waals surface area contributed by atoms with Crippen molar-refractivity contribution < 1.29 is 38.2 Å². The number of amides is 2. The monoisotopic (exact) mass is 526 g/mol. The summed E-state index contributed by atoms with van der Waals surface area (Å²) in [6.45, 7) is 7.79. The second-order valence-corrected chi connectivity index (χ2v) is 9.40. The molecule has 2 aromatic carbocycles. The molecule has 38 heavy (non-hydrogen) atoms. The molecule has 2 rings (SSSR count). The highest BCUT2D eigenvalue weighted by molar-refractivity contribution is 5.96. The first-order valence-electron chi connectivity index (χ1n) is 12.3. The molecule has 0 radical (unpaired) electrons. The first-order chi connectivity index (χ1) is 18.0. The van der Waals surface area contributed by atoms with Gasteiger partial charge in [-0.3, -0.25) is 14.4 Å². The second-order valence-electron chi connectivity index (χ2n) is 9.40. The minimum absolute atomic E-state index is 0.170. The average Bonchev–Trinajstić information content (AvgIpc) is 2.88. The van der Waals surface area contributed by atoms with Crippen LogP contribution in [0.4, 0.5) is 11.4 Å². The molecule has 2 N–H and O–H groups in total. The smallest absolute Gasteiger partial charge is 0.338 e. The zero-order valence-corrected chi connectivity index (χ0v) is 22.1. The number of nitrogens with one attached hydrogen (secondary N) is 2. The molecule has 0 unspecified atom stereocenters. The zero-order valence-electron chi connectivity index (χ0n) is 22.1. The molecule has 0 aliphatic rings. The van der Waals surface area contributed by atoms with Crippen LogP contribution in [-0.2, 0) is 28.6 Å². The van der Waals surface area contributed by atoms with Gasteiger partial charge in [-0.2, -0.15) is 0 Å². The van der Waals surface area contributed by atoms with Crippen LogP contribution in [-0.4, -0.2) is 49.5 Å². The van der Waals surface area contributed by atoms with Gasteiger partial charge >= 0.3 is 17.9 Å². The average molecular weight is 527 g/mol. The lowest BCUT2D eigenvalue weighted by molar-refractivity contribution is -0.147. The molecule has 10 heteroatoms. The fourth-order valence-corrected chi connectivity index (χ4v) is 2.92. The Labute approximate surface area is 222 Å². The minimum atomic E-state index is -0.718. The molecule has 0 bridgehead atoms. The van der Waals surface area contributed by atoms with Crippen molar-refractivity contribution in [2.45, 2.75) is 40.5 Å². The maximum absolute atomic E-state index is 12.2. The Morgan fingerprint density at radius 2 is 1.24 bits per heavy atom. The summed E-state index contributed by atoms with van der Waals surface area (Å²) in [5.41, 5.74) is 1.46. The number of ether oxygens (including phenoxy) is 3. The lowest BCUT2D eigenvalue weighted by atomic mass is 10.2. The summed E-state index contributed by atoms with van der Waals surface area (Å²) in [5.74, 6) is -2.26. The maximum atomic E-state index is 12.2. The molecule has 0 spiro atoms. The van der Waals surface area contributed by atoms with Gasteiger partial charge in [0.2, 0.25) is 5.91 Å². The summed E-state index contributed by atoms with van der Waals surface area (Å²) in [6.07, 6.45) is -0.404. The molecule has 0 aliphatic carbocycles. The number of rotatable bonds is 13. The van der Waals surface area contributed by atoms with Crippen molar-refractivity contribution in [3.8, 4) is 0 Å². The quantitative estimate of drug-likeness (QED) is 0.292. The van der Waals surface area contributed by atoms with E-state index < -0.39 is 36.3 Å². The van der Waals surface area contributed by atoms with E-state index in [-0.39, 0.29) is 31.3 Å². The Kier molecular flexibility index (Phi) is 12.0. The summed E-state index contributed by atoms with van der Waals surface area (Å²) < 4.78 is 15.3. The number of esters is 3. The normalized spacial score (nSPS) is 10.6. The van der Waals surface area contributed by atoms with Gasteiger partial charge in [-0.25, -0.2) is 9.59 Å². The Bertz CT molecular complexity index is 1130. The van der Waals surface area contributed by atoms with Crippen LogP contribution in [0.25, 0.3) is 0 Å². The van der Waals surface area contributed by atoms with Crippen LogP contribution in [0.3, 0.4) is 0 Å². The van der Waals surface area contributed by atoms with Crippen molar-refractivity contribution in [1.82, 2.24) is 0 Å². The summed E-state index contributed by atoms with van der Waals surface area (Å²) in [7, 11) is 0.